The van der Waals surface area contributed by atoms with Crippen LogP contribution >= 0.6 is 0 Å². The number of benzene rings is 3. The first kappa shape index (κ1) is 24.0. The molecule has 36 heavy (non-hydrogen) atoms. The van der Waals surface area contributed by atoms with Gasteiger partial charge in [0.05, 0.1) is 32.3 Å². The largest absolute Gasteiger partial charge is 0.497 e. The lowest BCUT2D eigenvalue weighted by molar-refractivity contribution is -0.137. The van der Waals surface area contributed by atoms with Crippen molar-refractivity contribution in [1.82, 2.24) is 15.0 Å². The molecule has 1 aliphatic carbocycles. The fraction of sp³-hybridized carbons (Fsp3) is 0.345. The molecule has 1 unspecified atom stereocenters. The Kier molecular flexibility index (Phi) is 6.74. The van der Waals surface area contributed by atoms with Gasteiger partial charge in [-0.2, -0.15) is 0 Å². The molecule has 0 saturated heterocycles. The molecular formula is C29H31N3O4. The maximum Gasteiger partial charge on any atom is 0.304 e. The third-order valence-corrected chi connectivity index (χ3v) is 7.25. The third-order valence-electron chi connectivity index (χ3n) is 7.25. The van der Waals surface area contributed by atoms with Crippen molar-refractivity contribution in [2.24, 2.45) is 7.05 Å². The van der Waals surface area contributed by atoms with E-state index in [0.29, 0.717) is 13.2 Å². The predicted octanol–water partition coefficient (Wildman–Crippen LogP) is 5.10. The first-order valence-electron chi connectivity index (χ1n) is 12.3. The molecule has 0 amide bonds. The van der Waals surface area contributed by atoms with E-state index < -0.39 is 5.97 Å². The molecule has 186 valence electrons. The van der Waals surface area contributed by atoms with Gasteiger partial charge in [0.2, 0.25) is 0 Å². The third kappa shape index (κ3) is 4.71. The molecule has 3 aromatic carbocycles. The molecule has 0 spiro atoms. The molecule has 4 aromatic rings. The molecule has 1 aliphatic rings. The molecule has 7 heteroatoms. The summed E-state index contributed by atoms with van der Waals surface area (Å²) >= 11 is 0. The van der Waals surface area contributed by atoms with Crippen molar-refractivity contribution in [1.29, 1.82) is 0 Å². The minimum Gasteiger partial charge on any atom is -0.497 e. The number of hydrogen-bond donors (Lipinski definition) is 1. The van der Waals surface area contributed by atoms with Gasteiger partial charge in [-0.1, -0.05) is 35.5 Å². The Bertz CT molecular complexity index is 1410. The van der Waals surface area contributed by atoms with Crippen molar-refractivity contribution >= 4 is 17.0 Å². The van der Waals surface area contributed by atoms with Crippen LogP contribution in [0.2, 0.25) is 0 Å². The molecule has 0 bridgehead atoms. The maximum atomic E-state index is 12.0. The Labute approximate surface area is 210 Å². The summed E-state index contributed by atoms with van der Waals surface area (Å²) in [7, 11) is 3.52. The number of ether oxygens (including phenoxy) is 2. The van der Waals surface area contributed by atoms with Crippen LogP contribution in [0.5, 0.6) is 5.75 Å². The first-order chi connectivity index (χ1) is 17.4. The van der Waals surface area contributed by atoms with Gasteiger partial charge in [-0.15, -0.1) is 5.10 Å². The number of hydrogen-bond acceptors (Lipinski definition) is 5. The number of aryl methyl sites for hydroxylation is 3. The Hall–Kier alpha value is -3.71. The zero-order chi connectivity index (χ0) is 25.2. The van der Waals surface area contributed by atoms with Gasteiger partial charge < -0.3 is 14.6 Å². The number of aromatic nitrogens is 3. The summed E-state index contributed by atoms with van der Waals surface area (Å²) in [5.41, 5.74) is 9.63. The zero-order valence-corrected chi connectivity index (χ0v) is 21.0. The summed E-state index contributed by atoms with van der Waals surface area (Å²) in [6, 6.07) is 16.3. The quantitative estimate of drug-likeness (QED) is 0.355. The Morgan fingerprint density at radius 3 is 2.67 bits per heavy atom. The molecule has 1 heterocycles. The normalized spacial score (nSPS) is 13.6. The van der Waals surface area contributed by atoms with Crippen LogP contribution in [-0.4, -0.2) is 33.2 Å². The van der Waals surface area contributed by atoms with E-state index in [1.807, 2.05) is 50.4 Å². The standard InChI is InChI=1S/C29H31N3O4/c1-18-24(11-12-27-29(18)30-31-32(27)2)26(15-28(33)34)21-13-20-5-4-6-25(20)22(14-21)17-36-16-19-7-9-23(35-3)10-8-19/h7-14,26H,4-6,15-17H2,1-3H3,(H,33,34). The van der Waals surface area contributed by atoms with E-state index in [1.165, 1.54) is 11.1 Å². The second-order valence-corrected chi connectivity index (χ2v) is 9.52. The van der Waals surface area contributed by atoms with Crippen molar-refractivity contribution in [2.75, 3.05) is 7.11 Å². The fourth-order valence-corrected chi connectivity index (χ4v) is 5.36. The second-order valence-electron chi connectivity index (χ2n) is 9.52. The van der Waals surface area contributed by atoms with Crippen LogP contribution in [0, 0.1) is 6.92 Å². The number of fused-ring (bicyclic) bond motifs is 2. The van der Waals surface area contributed by atoms with E-state index >= 15 is 0 Å². The highest BCUT2D eigenvalue weighted by atomic mass is 16.5. The summed E-state index contributed by atoms with van der Waals surface area (Å²) in [5, 5.41) is 18.3. The highest BCUT2D eigenvalue weighted by Crippen LogP contribution is 2.37. The molecule has 1 N–H and O–H groups in total. The molecule has 0 saturated carbocycles. The average Bonchev–Trinajstić information content (AvgIpc) is 3.50. The minimum atomic E-state index is -0.823. The topological polar surface area (TPSA) is 86.5 Å². The Morgan fingerprint density at radius 2 is 1.92 bits per heavy atom. The van der Waals surface area contributed by atoms with Crippen LogP contribution < -0.4 is 4.74 Å². The summed E-state index contributed by atoms with van der Waals surface area (Å²) < 4.78 is 13.1. The molecule has 0 aliphatic heterocycles. The van der Waals surface area contributed by atoms with Gasteiger partial charge in [-0.3, -0.25) is 4.79 Å². The van der Waals surface area contributed by atoms with Gasteiger partial charge in [0.25, 0.3) is 0 Å². The smallest absolute Gasteiger partial charge is 0.304 e. The van der Waals surface area contributed by atoms with Crippen LogP contribution in [0.4, 0.5) is 0 Å². The predicted molar refractivity (Wildman–Crippen MR) is 137 cm³/mol. The number of methoxy groups -OCH3 is 1. The summed E-state index contributed by atoms with van der Waals surface area (Å²) in [5.74, 6) is -0.278. The molecule has 0 fully saturated rings. The highest BCUT2D eigenvalue weighted by molar-refractivity contribution is 5.80. The number of nitrogens with zero attached hydrogens (tertiary/aromatic N) is 3. The number of aliphatic carboxylic acids is 1. The molecule has 5 rings (SSSR count). The Balaban J connectivity index is 1.47. The SMILES string of the molecule is COc1ccc(COCc2cc(C(CC(=O)O)c3ccc4c(nnn4C)c3C)cc3c2CCC3)cc1. The summed E-state index contributed by atoms with van der Waals surface area (Å²) in [4.78, 5) is 12.0. The van der Waals surface area contributed by atoms with E-state index in [0.717, 1.165) is 63.9 Å². The van der Waals surface area contributed by atoms with Gasteiger partial charge in [0.1, 0.15) is 11.3 Å². The summed E-state index contributed by atoms with van der Waals surface area (Å²) in [6.07, 6.45) is 3.16. The van der Waals surface area contributed by atoms with E-state index in [-0.39, 0.29) is 12.3 Å². The van der Waals surface area contributed by atoms with Gasteiger partial charge in [-0.05, 0) is 83.3 Å². The van der Waals surface area contributed by atoms with Crippen molar-refractivity contribution in [2.45, 2.75) is 51.7 Å². The van der Waals surface area contributed by atoms with Crippen LogP contribution in [0.1, 0.15) is 57.7 Å². The monoisotopic (exact) mass is 485 g/mol. The average molecular weight is 486 g/mol. The first-order valence-corrected chi connectivity index (χ1v) is 12.3. The number of rotatable bonds is 9. The minimum absolute atomic E-state index is 0.0114. The van der Waals surface area contributed by atoms with E-state index in [2.05, 4.69) is 22.4 Å². The lowest BCUT2D eigenvalue weighted by Gasteiger charge is -2.21. The van der Waals surface area contributed by atoms with Crippen LogP contribution in [0.3, 0.4) is 0 Å². The fourth-order valence-electron chi connectivity index (χ4n) is 5.36. The van der Waals surface area contributed by atoms with Crippen LogP contribution in [0.25, 0.3) is 11.0 Å². The number of carboxylic acid groups (broad SMARTS) is 1. The number of carboxylic acids is 1. The zero-order valence-electron chi connectivity index (χ0n) is 21.0. The van der Waals surface area contributed by atoms with E-state index in [4.69, 9.17) is 9.47 Å². The van der Waals surface area contributed by atoms with Crippen molar-refractivity contribution in [3.63, 3.8) is 0 Å². The number of carbonyl (C=O) groups is 1. The molecule has 0 radical (unpaired) electrons. The van der Waals surface area contributed by atoms with Gasteiger partial charge in [0, 0.05) is 13.0 Å². The van der Waals surface area contributed by atoms with Crippen LogP contribution in [0.15, 0.2) is 48.5 Å². The van der Waals surface area contributed by atoms with E-state index in [1.54, 1.807) is 11.8 Å². The maximum absolute atomic E-state index is 12.0. The van der Waals surface area contributed by atoms with Crippen molar-refractivity contribution in [3.8, 4) is 5.75 Å². The van der Waals surface area contributed by atoms with Gasteiger partial charge >= 0.3 is 5.97 Å². The van der Waals surface area contributed by atoms with Crippen molar-refractivity contribution < 1.29 is 19.4 Å². The molecule has 1 aromatic heterocycles. The van der Waals surface area contributed by atoms with Crippen molar-refractivity contribution in [3.05, 3.63) is 87.5 Å². The molecule has 1 atom stereocenters. The lowest BCUT2D eigenvalue weighted by atomic mass is 9.83. The molecular weight excluding hydrogens is 454 g/mol. The van der Waals surface area contributed by atoms with Crippen LogP contribution in [-0.2, 0) is 42.6 Å². The lowest BCUT2D eigenvalue weighted by Crippen LogP contribution is -2.11. The van der Waals surface area contributed by atoms with Gasteiger partial charge in [0.15, 0.2) is 0 Å². The summed E-state index contributed by atoms with van der Waals surface area (Å²) in [6.45, 7) is 3.00. The molecule has 7 nitrogen and oxygen atoms in total. The van der Waals surface area contributed by atoms with E-state index in [9.17, 15) is 9.90 Å². The Morgan fingerprint density at radius 1 is 1.11 bits per heavy atom. The van der Waals surface area contributed by atoms with Gasteiger partial charge in [-0.25, -0.2) is 4.68 Å². The highest BCUT2D eigenvalue weighted by Gasteiger charge is 2.25. The second kappa shape index (κ2) is 10.1.